The maximum absolute atomic E-state index is 10.9. The zero-order valence-electron chi connectivity index (χ0n) is 8.54. The number of benzene rings is 1. The number of amides is 1. The van der Waals surface area contributed by atoms with E-state index in [2.05, 4.69) is 17.0 Å². The maximum atomic E-state index is 10.9. The number of rotatable bonds is 2. The number of thioether (sulfide) groups is 1. The highest BCUT2D eigenvalue weighted by Gasteiger charge is 2.35. The van der Waals surface area contributed by atoms with Crippen molar-refractivity contribution in [3.63, 3.8) is 0 Å². The van der Waals surface area contributed by atoms with Gasteiger partial charge in [0.1, 0.15) is 0 Å². The van der Waals surface area contributed by atoms with Crippen LogP contribution in [0.15, 0.2) is 41.6 Å². The maximum Gasteiger partial charge on any atom is 0.237 e. The highest BCUT2D eigenvalue weighted by molar-refractivity contribution is 8.00. The van der Waals surface area contributed by atoms with Gasteiger partial charge in [-0.15, -0.1) is 0 Å². The normalized spacial score (nSPS) is 21.1. The van der Waals surface area contributed by atoms with Gasteiger partial charge in [0.15, 0.2) is 5.50 Å². The smallest absolute Gasteiger partial charge is 0.237 e. The first-order valence-corrected chi connectivity index (χ1v) is 5.90. The summed E-state index contributed by atoms with van der Waals surface area (Å²) in [5.74, 6) is -0.303. The molecule has 0 aliphatic carbocycles. The van der Waals surface area contributed by atoms with Crippen LogP contribution in [0.1, 0.15) is 0 Å². The van der Waals surface area contributed by atoms with Crippen molar-refractivity contribution >= 4 is 23.4 Å². The van der Waals surface area contributed by atoms with E-state index in [1.165, 1.54) is 10.6 Å². The number of primary amides is 1. The summed E-state index contributed by atoms with van der Waals surface area (Å²) in [6, 6.07) is 8.22. The Morgan fingerprint density at radius 2 is 2.19 bits per heavy atom. The minimum atomic E-state index is -0.303. The third-order valence-corrected chi connectivity index (χ3v) is 3.96. The van der Waals surface area contributed by atoms with Gasteiger partial charge >= 0.3 is 0 Å². The van der Waals surface area contributed by atoms with Crippen molar-refractivity contribution in [3.8, 4) is 0 Å². The molecule has 0 saturated heterocycles. The molecule has 0 radical (unpaired) electrons. The second-order valence-electron chi connectivity index (χ2n) is 3.76. The molecule has 1 amide bonds. The van der Waals surface area contributed by atoms with E-state index in [0.717, 1.165) is 0 Å². The van der Waals surface area contributed by atoms with Crippen LogP contribution in [0.3, 0.4) is 0 Å². The van der Waals surface area contributed by atoms with Crippen LogP contribution in [0.25, 0.3) is 0 Å². The van der Waals surface area contributed by atoms with Crippen LogP contribution < -0.4 is 10.6 Å². The zero-order chi connectivity index (χ0) is 11.1. The van der Waals surface area contributed by atoms with Crippen LogP contribution >= 0.6 is 11.8 Å². The standard InChI is InChI=1S/C11H11N3OS/c12-10(15)7-13-5-6-14-8-3-1-2-4-9(8)16-11(13)14/h1-6,11H,7H2,(H2,12,15). The fraction of sp³-hybridized carbons (Fsp3) is 0.182. The van der Waals surface area contributed by atoms with Gasteiger partial charge < -0.3 is 15.5 Å². The summed E-state index contributed by atoms with van der Waals surface area (Å²) in [6.07, 6.45) is 3.91. The Kier molecular flexibility index (Phi) is 2.07. The summed E-state index contributed by atoms with van der Waals surface area (Å²) in [7, 11) is 0. The van der Waals surface area contributed by atoms with Crippen LogP contribution in [0.2, 0.25) is 0 Å². The third kappa shape index (κ3) is 1.36. The van der Waals surface area contributed by atoms with Crippen molar-refractivity contribution in [2.24, 2.45) is 5.73 Å². The lowest BCUT2D eigenvalue weighted by Crippen LogP contribution is -2.38. The largest absolute Gasteiger partial charge is 0.368 e. The van der Waals surface area contributed by atoms with Crippen LogP contribution in [-0.4, -0.2) is 22.8 Å². The number of nitrogens with zero attached hydrogens (tertiary/aromatic N) is 2. The van der Waals surface area contributed by atoms with Gasteiger partial charge in [-0.05, 0) is 12.1 Å². The lowest BCUT2D eigenvalue weighted by Gasteiger charge is -2.24. The lowest BCUT2D eigenvalue weighted by atomic mass is 10.3. The molecule has 3 rings (SSSR count). The molecule has 0 saturated carbocycles. The Hall–Kier alpha value is -1.62. The molecular weight excluding hydrogens is 222 g/mol. The van der Waals surface area contributed by atoms with E-state index in [-0.39, 0.29) is 17.9 Å². The number of hydrogen-bond acceptors (Lipinski definition) is 4. The van der Waals surface area contributed by atoms with Gasteiger partial charge in [-0.3, -0.25) is 4.79 Å². The molecule has 0 fully saturated rings. The van der Waals surface area contributed by atoms with Crippen LogP contribution in [0.4, 0.5) is 5.69 Å². The van der Waals surface area contributed by atoms with Gasteiger partial charge in [0.05, 0.1) is 12.2 Å². The third-order valence-electron chi connectivity index (χ3n) is 2.65. The second-order valence-corrected chi connectivity index (χ2v) is 4.85. The summed E-state index contributed by atoms with van der Waals surface area (Å²) >= 11 is 1.74. The molecule has 1 unspecified atom stereocenters. The molecule has 0 spiro atoms. The summed E-state index contributed by atoms with van der Waals surface area (Å²) < 4.78 is 0. The molecule has 2 N–H and O–H groups in total. The molecule has 2 aliphatic rings. The Balaban J connectivity index is 1.88. The number of carbonyl (C=O) groups excluding carboxylic acids is 1. The molecule has 1 aromatic rings. The first kappa shape index (κ1) is 9.59. The van der Waals surface area contributed by atoms with E-state index >= 15 is 0 Å². The van der Waals surface area contributed by atoms with Crippen LogP contribution in [0.5, 0.6) is 0 Å². The topological polar surface area (TPSA) is 49.6 Å². The molecule has 82 valence electrons. The first-order valence-electron chi connectivity index (χ1n) is 5.02. The number of para-hydroxylation sites is 1. The van der Waals surface area contributed by atoms with E-state index in [9.17, 15) is 4.79 Å². The van der Waals surface area contributed by atoms with Crippen molar-refractivity contribution in [3.05, 3.63) is 36.7 Å². The molecule has 16 heavy (non-hydrogen) atoms. The molecule has 1 atom stereocenters. The van der Waals surface area contributed by atoms with Crippen LogP contribution in [-0.2, 0) is 4.79 Å². The second kappa shape index (κ2) is 3.45. The first-order chi connectivity index (χ1) is 7.75. The molecular formula is C11H11N3OS. The minimum absolute atomic E-state index is 0.143. The molecule has 2 aliphatic heterocycles. The summed E-state index contributed by atoms with van der Waals surface area (Å²) in [6.45, 7) is 0.263. The molecule has 0 bridgehead atoms. The van der Waals surface area contributed by atoms with E-state index in [0.29, 0.717) is 0 Å². The van der Waals surface area contributed by atoms with E-state index in [1.807, 2.05) is 29.4 Å². The van der Waals surface area contributed by atoms with E-state index < -0.39 is 0 Å². The van der Waals surface area contributed by atoms with Crippen molar-refractivity contribution < 1.29 is 4.79 Å². The summed E-state index contributed by atoms with van der Waals surface area (Å²) in [4.78, 5) is 16.3. The highest BCUT2D eigenvalue weighted by Crippen LogP contribution is 2.46. The number of anilines is 1. The Morgan fingerprint density at radius 3 is 3.00 bits per heavy atom. The van der Waals surface area contributed by atoms with Crippen molar-refractivity contribution in [2.75, 3.05) is 11.4 Å². The highest BCUT2D eigenvalue weighted by atomic mass is 32.2. The van der Waals surface area contributed by atoms with Crippen LogP contribution in [0, 0.1) is 0 Å². The molecule has 2 heterocycles. The van der Waals surface area contributed by atoms with Gasteiger partial charge in [0.25, 0.3) is 0 Å². The van der Waals surface area contributed by atoms with Gasteiger partial charge in [-0.25, -0.2) is 0 Å². The summed E-state index contributed by atoms with van der Waals surface area (Å²) in [5, 5.41) is 0. The number of fused-ring (bicyclic) bond motifs is 3. The molecule has 0 aromatic heterocycles. The van der Waals surface area contributed by atoms with E-state index in [1.54, 1.807) is 11.8 Å². The fourth-order valence-corrected chi connectivity index (χ4v) is 3.24. The molecule has 4 nitrogen and oxygen atoms in total. The summed E-state index contributed by atoms with van der Waals surface area (Å²) in [5.41, 5.74) is 6.56. The predicted octanol–water partition coefficient (Wildman–Crippen LogP) is 1.15. The Labute approximate surface area is 97.7 Å². The molecule has 5 heteroatoms. The van der Waals surface area contributed by atoms with Crippen molar-refractivity contribution in [1.82, 2.24) is 4.90 Å². The minimum Gasteiger partial charge on any atom is -0.368 e. The van der Waals surface area contributed by atoms with Gasteiger partial charge in [-0.2, -0.15) is 0 Å². The average molecular weight is 233 g/mol. The fourth-order valence-electron chi connectivity index (χ4n) is 1.98. The number of carbonyl (C=O) groups is 1. The monoisotopic (exact) mass is 233 g/mol. The predicted molar refractivity (Wildman–Crippen MR) is 63.6 cm³/mol. The quantitative estimate of drug-likeness (QED) is 0.832. The van der Waals surface area contributed by atoms with Crippen molar-refractivity contribution in [2.45, 2.75) is 10.4 Å². The lowest BCUT2D eigenvalue weighted by molar-refractivity contribution is -0.118. The Morgan fingerprint density at radius 1 is 1.38 bits per heavy atom. The number of hydrogen-bond donors (Lipinski definition) is 1. The Bertz CT molecular complexity index is 474. The average Bonchev–Trinajstić information content (AvgIpc) is 2.78. The SMILES string of the molecule is NC(=O)CN1C=CN2c3ccccc3SC12. The van der Waals surface area contributed by atoms with Gasteiger partial charge in [-0.1, -0.05) is 23.9 Å². The zero-order valence-corrected chi connectivity index (χ0v) is 9.35. The van der Waals surface area contributed by atoms with Gasteiger partial charge in [0.2, 0.25) is 5.91 Å². The van der Waals surface area contributed by atoms with Crippen molar-refractivity contribution in [1.29, 1.82) is 0 Å². The number of nitrogens with two attached hydrogens (primary N) is 1. The van der Waals surface area contributed by atoms with Gasteiger partial charge in [0, 0.05) is 17.3 Å². The molecule has 1 aromatic carbocycles. The van der Waals surface area contributed by atoms with E-state index in [4.69, 9.17) is 5.73 Å².